The van der Waals surface area contributed by atoms with E-state index in [1.807, 2.05) is 25.7 Å². The van der Waals surface area contributed by atoms with Crippen LogP contribution in [0.15, 0.2) is 0 Å². The molecule has 16 heavy (non-hydrogen) atoms. The normalized spacial score (nSPS) is 33.2. The van der Waals surface area contributed by atoms with Crippen molar-refractivity contribution >= 4 is 6.09 Å². The van der Waals surface area contributed by atoms with Crippen LogP contribution in [0.2, 0.25) is 0 Å². The van der Waals surface area contributed by atoms with Crippen molar-refractivity contribution in [2.75, 3.05) is 13.1 Å². The van der Waals surface area contributed by atoms with Crippen LogP contribution < -0.4 is 5.73 Å². The van der Waals surface area contributed by atoms with Crippen LogP contribution in [0, 0.1) is 5.41 Å². The minimum Gasteiger partial charge on any atom is -0.444 e. The van der Waals surface area contributed by atoms with E-state index >= 15 is 0 Å². The number of ether oxygens (including phenoxy) is 1. The van der Waals surface area contributed by atoms with Gasteiger partial charge in [0, 0.05) is 12.6 Å². The number of piperidine rings is 2. The molecule has 3 fully saturated rings. The van der Waals surface area contributed by atoms with Crippen molar-refractivity contribution in [2.24, 2.45) is 11.1 Å². The first kappa shape index (κ1) is 11.7. The molecule has 1 saturated carbocycles. The molecule has 1 amide bonds. The molecule has 2 aliphatic heterocycles. The maximum atomic E-state index is 11.9. The summed E-state index contributed by atoms with van der Waals surface area (Å²) in [5, 5.41) is 0. The second-order valence-electron chi connectivity index (χ2n) is 6.19. The fraction of sp³-hybridized carbons (Fsp3) is 0.917. The van der Waals surface area contributed by atoms with E-state index < -0.39 is 5.60 Å². The molecule has 4 nitrogen and oxygen atoms in total. The molecule has 0 atom stereocenters. The molecule has 1 aliphatic carbocycles. The zero-order valence-corrected chi connectivity index (χ0v) is 10.5. The molecule has 3 aliphatic rings. The Kier molecular flexibility index (Phi) is 2.65. The van der Waals surface area contributed by atoms with E-state index in [-0.39, 0.29) is 6.09 Å². The van der Waals surface area contributed by atoms with Crippen molar-refractivity contribution in [3.63, 3.8) is 0 Å². The van der Waals surface area contributed by atoms with Gasteiger partial charge in [-0.05, 0) is 52.0 Å². The van der Waals surface area contributed by atoms with Gasteiger partial charge in [-0.15, -0.1) is 0 Å². The Morgan fingerprint density at radius 1 is 1.50 bits per heavy atom. The van der Waals surface area contributed by atoms with Crippen molar-refractivity contribution in [1.82, 2.24) is 4.90 Å². The monoisotopic (exact) mass is 226 g/mol. The molecule has 0 radical (unpaired) electrons. The Balaban J connectivity index is 1.92. The van der Waals surface area contributed by atoms with Gasteiger partial charge in [-0.2, -0.15) is 0 Å². The Morgan fingerprint density at radius 2 is 2.12 bits per heavy atom. The predicted octanol–water partition coefficient (Wildman–Crippen LogP) is 1.73. The summed E-state index contributed by atoms with van der Waals surface area (Å²) in [6, 6.07) is 0.368. The van der Waals surface area contributed by atoms with Crippen molar-refractivity contribution in [2.45, 2.75) is 51.7 Å². The molecule has 92 valence electrons. The molecule has 0 aromatic carbocycles. The highest BCUT2D eigenvalue weighted by molar-refractivity contribution is 5.69. The number of carbonyl (C=O) groups is 1. The van der Waals surface area contributed by atoms with Gasteiger partial charge in [0.1, 0.15) is 5.60 Å². The van der Waals surface area contributed by atoms with Gasteiger partial charge in [0.2, 0.25) is 0 Å². The Bertz CT molecular complexity index is 284. The maximum absolute atomic E-state index is 11.9. The van der Waals surface area contributed by atoms with Gasteiger partial charge < -0.3 is 15.4 Å². The highest BCUT2D eigenvalue weighted by Crippen LogP contribution is 2.50. The highest BCUT2D eigenvalue weighted by atomic mass is 16.6. The average molecular weight is 226 g/mol. The molecule has 0 spiro atoms. The molecular weight excluding hydrogens is 204 g/mol. The molecule has 0 unspecified atom stereocenters. The van der Waals surface area contributed by atoms with Crippen LogP contribution in [0.4, 0.5) is 4.79 Å². The molecule has 2 bridgehead atoms. The fourth-order valence-corrected chi connectivity index (χ4v) is 2.73. The van der Waals surface area contributed by atoms with Gasteiger partial charge in [-0.25, -0.2) is 4.79 Å². The van der Waals surface area contributed by atoms with Gasteiger partial charge in [0.25, 0.3) is 0 Å². The second kappa shape index (κ2) is 3.62. The molecule has 2 heterocycles. The van der Waals surface area contributed by atoms with E-state index in [0.717, 1.165) is 32.4 Å². The van der Waals surface area contributed by atoms with Crippen LogP contribution in [0.1, 0.15) is 40.0 Å². The highest BCUT2D eigenvalue weighted by Gasteiger charge is 2.51. The van der Waals surface area contributed by atoms with Gasteiger partial charge in [-0.1, -0.05) is 0 Å². The molecule has 0 aromatic rings. The second-order valence-corrected chi connectivity index (χ2v) is 6.19. The Hall–Kier alpha value is -0.770. The minimum atomic E-state index is -0.400. The first-order chi connectivity index (χ1) is 7.35. The third-order valence-corrected chi connectivity index (χ3v) is 3.72. The average Bonchev–Trinajstić information content (AvgIpc) is 2.13. The van der Waals surface area contributed by atoms with E-state index in [9.17, 15) is 4.79 Å². The number of rotatable bonds is 1. The van der Waals surface area contributed by atoms with Crippen molar-refractivity contribution in [3.05, 3.63) is 0 Å². The van der Waals surface area contributed by atoms with Crippen LogP contribution in [0.25, 0.3) is 0 Å². The first-order valence-corrected chi connectivity index (χ1v) is 6.05. The molecule has 2 saturated heterocycles. The molecule has 0 aromatic heterocycles. The fourth-order valence-electron chi connectivity index (χ4n) is 2.73. The lowest BCUT2D eigenvalue weighted by Gasteiger charge is -2.56. The lowest BCUT2D eigenvalue weighted by Crippen LogP contribution is -2.62. The zero-order chi connectivity index (χ0) is 12.0. The standard InChI is InChI=1S/C12H22N2O2/c1-11(2,3)16-10(15)14-5-4-12(8-13)6-9(14)7-12/h9H,4-8,13H2,1-3H3. The number of hydrogen-bond donors (Lipinski definition) is 1. The Labute approximate surface area is 97.1 Å². The molecule has 4 heteroatoms. The van der Waals surface area contributed by atoms with Gasteiger partial charge in [0.15, 0.2) is 0 Å². The number of carbonyl (C=O) groups excluding carboxylic acids is 1. The molecule has 3 rings (SSSR count). The summed E-state index contributed by atoms with van der Waals surface area (Å²) < 4.78 is 5.39. The van der Waals surface area contributed by atoms with Crippen molar-refractivity contribution < 1.29 is 9.53 Å². The lowest BCUT2D eigenvalue weighted by molar-refractivity contribution is -0.0666. The lowest BCUT2D eigenvalue weighted by atomic mass is 9.60. The van der Waals surface area contributed by atoms with E-state index in [0.29, 0.717) is 11.5 Å². The summed E-state index contributed by atoms with van der Waals surface area (Å²) in [5.74, 6) is 0. The number of nitrogens with two attached hydrogens (primary N) is 1. The first-order valence-electron chi connectivity index (χ1n) is 6.05. The van der Waals surface area contributed by atoms with Gasteiger partial charge in [-0.3, -0.25) is 0 Å². The topological polar surface area (TPSA) is 55.6 Å². The minimum absolute atomic E-state index is 0.164. The van der Waals surface area contributed by atoms with Crippen LogP contribution in [-0.2, 0) is 4.74 Å². The number of hydrogen-bond acceptors (Lipinski definition) is 3. The summed E-state index contributed by atoms with van der Waals surface area (Å²) >= 11 is 0. The summed E-state index contributed by atoms with van der Waals surface area (Å²) in [6.07, 6.45) is 2.98. The van der Waals surface area contributed by atoms with Crippen LogP contribution >= 0.6 is 0 Å². The summed E-state index contributed by atoms with van der Waals surface area (Å²) in [6.45, 7) is 7.27. The Morgan fingerprint density at radius 3 is 2.50 bits per heavy atom. The summed E-state index contributed by atoms with van der Waals surface area (Å²) in [5.41, 5.74) is 5.70. The molecular formula is C12H22N2O2. The molecule has 2 N–H and O–H groups in total. The van der Waals surface area contributed by atoms with Gasteiger partial charge in [0.05, 0.1) is 0 Å². The number of nitrogens with zero attached hydrogens (tertiary/aromatic N) is 1. The van der Waals surface area contributed by atoms with Gasteiger partial charge >= 0.3 is 6.09 Å². The largest absolute Gasteiger partial charge is 0.444 e. The third kappa shape index (κ3) is 2.03. The SMILES string of the molecule is CC(C)(C)OC(=O)N1CCC2(CN)CC1C2. The maximum Gasteiger partial charge on any atom is 0.410 e. The van der Waals surface area contributed by atoms with E-state index in [2.05, 4.69) is 0 Å². The summed E-state index contributed by atoms with van der Waals surface area (Å²) in [7, 11) is 0. The van der Waals surface area contributed by atoms with Crippen molar-refractivity contribution in [3.8, 4) is 0 Å². The van der Waals surface area contributed by atoms with Crippen LogP contribution in [0.3, 0.4) is 0 Å². The zero-order valence-electron chi connectivity index (χ0n) is 10.5. The van der Waals surface area contributed by atoms with Crippen molar-refractivity contribution in [1.29, 1.82) is 0 Å². The van der Waals surface area contributed by atoms with E-state index in [1.165, 1.54) is 0 Å². The van der Waals surface area contributed by atoms with E-state index in [4.69, 9.17) is 10.5 Å². The quantitative estimate of drug-likeness (QED) is 0.741. The number of fused-ring (bicyclic) bond motifs is 2. The van der Waals surface area contributed by atoms with E-state index in [1.54, 1.807) is 0 Å². The van der Waals surface area contributed by atoms with Crippen LogP contribution in [0.5, 0.6) is 0 Å². The summed E-state index contributed by atoms with van der Waals surface area (Å²) in [4.78, 5) is 13.8. The smallest absolute Gasteiger partial charge is 0.410 e. The third-order valence-electron chi connectivity index (χ3n) is 3.72. The predicted molar refractivity (Wildman–Crippen MR) is 62.1 cm³/mol. The van der Waals surface area contributed by atoms with Crippen LogP contribution in [-0.4, -0.2) is 35.7 Å². The number of amides is 1.